The maximum absolute atomic E-state index is 11.7. The van der Waals surface area contributed by atoms with E-state index in [0.29, 0.717) is 12.2 Å². The van der Waals surface area contributed by atoms with Crippen molar-refractivity contribution >= 4 is 23.5 Å². The predicted octanol–water partition coefficient (Wildman–Crippen LogP) is 1.08. The maximum atomic E-state index is 11.7. The van der Waals surface area contributed by atoms with Crippen molar-refractivity contribution in [1.82, 2.24) is 4.90 Å². The predicted molar refractivity (Wildman–Crippen MR) is 71.9 cm³/mol. The van der Waals surface area contributed by atoms with Crippen molar-refractivity contribution in [2.24, 2.45) is 5.92 Å². The lowest BCUT2D eigenvalue weighted by atomic mass is 10.1. The first-order valence-corrected chi connectivity index (χ1v) is 6.33. The van der Waals surface area contributed by atoms with Crippen LogP contribution in [0, 0.1) is 5.92 Å². The van der Waals surface area contributed by atoms with E-state index < -0.39 is 11.9 Å². The summed E-state index contributed by atoms with van der Waals surface area (Å²) in [6, 6.07) is 7.14. The van der Waals surface area contributed by atoms with Gasteiger partial charge in [-0.25, -0.2) is 0 Å². The molecule has 0 spiro atoms. The fraction of sp³-hybridized carbons (Fsp3) is 0.357. The van der Waals surface area contributed by atoms with E-state index in [-0.39, 0.29) is 24.8 Å². The number of carboxylic acids is 1. The molecule has 1 aliphatic heterocycles. The summed E-state index contributed by atoms with van der Waals surface area (Å²) in [5.74, 6) is -1.82. The lowest BCUT2D eigenvalue weighted by Crippen LogP contribution is -2.25. The summed E-state index contributed by atoms with van der Waals surface area (Å²) in [5, 5.41) is 11.6. The summed E-state index contributed by atoms with van der Waals surface area (Å²) in [6.45, 7) is 2.08. The second-order valence-electron chi connectivity index (χ2n) is 4.89. The van der Waals surface area contributed by atoms with Crippen molar-refractivity contribution in [3.63, 3.8) is 0 Å². The molecule has 0 aromatic heterocycles. The molecular formula is C14H16N2O4. The minimum absolute atomic E-state index is 0.0688. The average molecular weight is 276 g/mol. The van der Waals surface area contributed by atoms with Gasteiger partial charge in [-0.1, -0.05) is 12.1 Å². The molecule has 6 heteroatoms. The molecule has 0 aliphatic carbocycles. The molecule has 1 saturated heterocycles. The Kier molecular flexibility index (Phi) is 4.02. The van der Waals surface area contributed by atoms with E-state index in [2.05, 4.69) is 5.32 Å². The highest BCUT2D eigenvalue weighted by molar-refractivity contribution is 5.88. The molecule has 2 N–H and O–H groups in total. The highest BCUT2D eigenvalue weighted by atomic mass is 16.4. The van der Waals surface area contributed by atoms with Crippen molar-refractivity contribution in [1.29, 1.82) is 0 Å². The van der Waals surface area contributed by atoms with E-state index in [4.69, 9.17) is 5.11 Å². The van der Waals surface area contributed by atoms with E-state index in [9.17, 15) is 14.4 Å². The zero-order valence-electron chi connectivity index (χ0n) is 11.1. The number of benzene rings is 1. The third-order valence-corrected chi connectivity index (χ3v) is 3.21. The second kappa shape index (κ2) is 5.73. The SMILES string of the molecule is CC(=O)Nc1ccc(CN2CC(C(=O)O)CC2=O)cc1. The van der Waals surface area contributed by atoms with Crippen LogP contribution in [0.3, 0.4) is 0 Å². The number of anilines is 1. The van der Waals surface area contributed by atoms with Gasteiger partial charge in [0, 0.05) is 32.1 Å². The van der Waals surface area contributed by atoms with Crippen molar-refractivity contribution < 1.29 is 19.5 Å². The first-order chi connectivity index (χ1) is 9.45. The van der Waals surface area contributed by atoms with Gasteiger partial charge in [0.1, 0.15) is 0 Å². The summed E-state index contributed by atoms with van der Waals surface area (Å²) >= 11 is 0. The van der Waals surface area contributed by atoms with Crippen LogP contribution < -0.4 is 5.32 Å². The summed E-state index contributed by atoms with van der Waals surface area (Å²) < 4.78 is 0. The number of nitrogens with one attached hydrogen (secondary N) is 1. The lowest BCUT2D eigenvalue weighted by Gasteiger charge is -2.16. The van der Waals surface area contributed by atoms with Crippen LogP contribution in [0.25, 0.3) is 0 Å². The van der Waals surface area contributed by atoms with Crippen LogP contribution in [0.1, 0.15) is 18.9 Å². The van der Waals surface area contributed by atoms with Gasteiger partial charge in [0.25, 0.3) is 0 Å². The molecule has 2 rings (SSSR count). The third-order valence-electron chi connectivity index (χ3n) is 3.21. The number of aliphatic carboxylic acids is 1. The summed E-state index contributed by atoms with van der Waals surface area (Å²) in [4.78, 5) is 35.0. The van der Waals surface area contributed by atoms with Crippen molar-refractivity contribution in [2.45, 2.75) is 19.9 Å². The average Bonchev–Trinajstić information content (AvgIpc) is 2.73. The van der Waals surface area contributed by atoms with E-state index in [1.54, 1.807) is 17.0 Å². The zero-order chi connectivity index (χ0) is 14.7. The molecule has 20 heavy (non-hydrogen) atoms. The first kappa shape index (κ1) is 14.0. The van der Waals surface area contributed by atoms with Crippen LogP contribution in [0.5, 0.6) is 0 Å². The minimum Gasteiger partial charge on any atom is -0.481 e. The van der Waals surface area contributed by atoms with Crippen molar-refractivity contribution in [3.8, 4) is 0 Å². The topological polar surface area (TPSA) is 86.7 Å². The van der Waals surface area contributed by atoms with Gasteiger partial charge in [-0.05, 0) is 17.7 Å². The molecule has 1 fully saturated rings. The first-order valence-electron chi connectivity index (χ1n) is 6.33. The fourth-order valence-corrected chi connectivity index (χ4v) is 2.21. The van der Waals surface area contributed by atoms with Crippen LogP contribution in [-0.2, 0) is 20.9 Å². The molecular weight excluding hydrogens is 260 g/mol. The second-order valence-corrected chi connectivity index (χ2v) is 4.89. The Morgan fingerprint density at radius 3 is 2.50 bits per heavy atom. The van der Waals surface area contributed by atoms with Gasteiger partial charge in [-0.2, -0.15) is 0 Å². The van der Waals surface area contributed by atoms with Gasteiger partial charge in [0.15, 0.2) is 0 Å². The molecule has 6 nitrogen and oxygen atoms in total. The van der Waals surface area contributed by atoms with Gasteiger partial charge in [0.2, 0.25) is 11.8 Å². The summed E-state index contributed by atoms with van der Waals surface area (Å²) in [5.41, 5.74) is 1.59. The molecule has 1 atom stereocenters. The van der Waals surface area contributed by atoms with Gasteiger partial charge in [0.05, 0.1) is 5.92 Å². The number of rotatable bonds is 4. The highest BCUT2D eigenvalue weighted by Crippen LogP contribution is 2.21. The Bertz CT molecular complexity index is 539. The van der Waals surface area contributed by atoms with E-state index >= 15 is 0 Å². The molecule has 1 aliphatic rings. The van der Waals surface area contributed by atoms with Crippen molar-refractivity contribution in [2.75, 3.05) is 11.9 Å². The number of likely N-dealkylation sites (tertiary alicyclic amines) is 1. The number of carboxylic acid groups (broad SMARTS) is 1. The molecule has 1 aromatic carbocycles. The molecule has 1 heterocycles. The largest absolute Gasteiger partial charge is 0.481 e. The van der Waals surface area contributed by atoms with Gasteiger partial charge in [-0.15, -0.1) is 0 Å². The molecule has 0 bridgehead atoms. The van der Waals surface area contributed by atoms with Crippen LogP contribution >= 0.6 is 0 Å². The minimum atomic E-state index is -0.929. The number of hydrogen-bond donors (Lipinski definition) is 2. The number of carbonyl (C=O) groups is 3. The Morgan fingerprint density at radius 1 is 1.35 bits per heavy atom. The van der Waals surface area contributed by atoms with Gasteiger partial charge >= 0.3 is 5.97 Å². The van der Waals surface area contributed by atoms with Crippen molar-refractivity contribution in [3.05, 3.63) is 29.8 Å². The Hall–Kier alpha value is -2.37. The Labute approximate surface area is 116 Å². The normalized spacial score (nSPS) is 18.1. The standard InChI is InChI=1S/C14H16N2O4/c1-9(17)15-12-4-2-10(3-5-12)7-16-8-11(14(19)20)6-13(16)18/h2-5,11H,6-8H2,1H3,(H,15,17)(H,19,20). The number of nitrogens with zero attached hydrogens (tertiary/aromatic N) is 1. The van der Waals surface area contributed by atoms with E-state index in [1.807, 2.05) is 12.1 Å². The number of amides is 2. The number of hydrogen-bond acceptors (Lipinski definition) is 3. The van der Waals surface area contributed by atoms with E-state index in [0.717, 1.165) is 5.56 Å². The molecule has 106 valence electrons. The summed E-state index contributed by atoms with van der Waals surface area (Å²) in [7, 11) is 0. The fourth-order valence-electron chi connectivity index (χ4n) is 2.21. The Morgan fingerprint density at radius 2 is 2.00 bits per heavy atom. The smallest absolute Gasteiger partial charge is 0.308 e. The third kappa shape index (κ3) is 3.34. The number of carbonyl (C=O) groups excluding carboxylic acids is 2. The summed E-state index contributed by atoms with van der Waals surface area (Å²) in [6.07, 6.45) is 0.0688. The zero-order valence-corrected chi connectivity index (χ0v) is 11.1. The van der Waals surface area contributed by atoms with E-state index in [1.165, 1.54) is 6.92 Å². The van der Waals surface area contributed by atoms with Gasteiger partial charge < -0.3 is 15.3 Å². The molecule has 0 radical (unpaired) electrons. The quantitative estimate of drug-likeness (QED) is 0.861. The monoisotopic (exact) mass is 276 g/mol. The molecule has 0 saturated carbocycles. The molecule has 1 aromatic rings. The van der Waals surface area contributed by atoms with Gasteiger partial charge in [-0.3, -0.25) is 14.4 Å². The maximum Gasteiger partial charge on any atom is 0.308 e. The Balaban J connectivity index is 1.98. The van der Waals surface area contributed by atoms with Crippen LogP contribution in [-0.4, -0.2) is 34.3 Å². The van der Waals surface area contributed by atoms with Crippen LogP contribution in [0.4, 0.5) is 5.69 Å². The van der Waals surface area contributed by atoms with Crippen LogP contribution in [0.2, 0.25) is 0 Å². The lowest BCUT2D eigenvalue weighted by molar-refractivity contribution is -0.141. The van der Waals surface area contributed by atoms with Crippen LogP contribution in [0.15, 0.2) is 24.3 Å². The molecule has 1 unspecified atom stereocenters. The highest BCUT2D eigenvalue weighted by Gasteiger charge is 2.33. The molecule has 2 amide bonds.